The molecule has 1 aromatic carbocycles. The van der Waals surface area contributed by atoms with E-state index >= 15 is 0 Å². The molecule has 0 radical (unpaired) electrons. The molecule has 3 rings (SSSR count). The summed E-state index contributed by atoms with van der Waals surface area (Å²) in [5, 5.41) is 0.619. The number of hydrogen-bond donors (Lipinski definition) is 0. The van der Waals surface area contributed by atoms with E-state index in [9.17, 15) is 9.59 Å². The number of carbonyl (C=O) groups excluding carboxylic acids is 2. The van der Waals surface area contributed by atoms with Gasteiger partial charge in [0.25, 0.3) is 11.8 Å². The van der Waals surface area contributed by atoms with Crippen LogP contribution in [-0.2, 0) is 0 Å². The highest BCUT2D eigenvalue weighted by atomic mass is 35.5. The molecule has 2 amide bonds. The molecule has 0 aliphatic carbocycles. The van der Waals surface area contributed by atoms with Gasteiger partial charge in [-0.1, -0.05) is 11.6 Å². The molecule has 2 aromatic rings. The molecular formula is C21H24ClN3O2. The van der Waals surface area contributed by atoms with Crippen molar-refractivity contribution in [2.75, 3.05) is 27.2 Å². The van der Waals surface area contributed by atoms with Crippen molar-refractivity contribution in [3.8, 4) is 0 Å². The highest BCUT2D eigenvalue weighted by Gasteiger charge is 2.28. The van der Waals surface area contributed by atoms with Gasteiger partial charge < -0.3 is 9.80 Å². The minimum atomic E-state index is -0.0304. The zero-order chi connectivity index (χ0) is 19.6. The maximum absolute atomic E-state index is 12.7. The first-order valence-corrected chi connectivity index (χ1v) is 9.48. The Labute approximate surface area is 164 Å². The summed E-state index contributed by atoms with van der Waals surface area (Å²) in [5.74, 6) is 0.169. The Kier molecular flexibility index (Phi) is 5.80. The molecular weight excluding hydrogens is 362 g/mol. The summed E-state index contributed by atoms with van der Waals surface area (Å²) in [6.45, 7) is 3.24. The van der Waals surface area contributed by atoms with Crippen LogP contribution in [0.5, 0.6) is 0 Å². The van der Waals surface area contributed by atoms with Crippen molar-refractivity contribution in [2.45, 2.75) is 25.7 Å². The van der Waals surface area contributed by atoms with E-state index in [2.05, 4.69) is 4.98 Å². The molecule has 2 heterocycles. The van der Waals surface area contributed by atoms with Gasteiger partial charge in [-0.3, -0.25) is 14.6 Å². The smallest absolute Gasteiger partial charge is 0.255 e. The number of amides is 2. The Morgan fingerprint density at radius 2 is 1.70 bits per heavy atom. The highest BCUT2D eigenvalue weighted by molar-refractivity contribution is 6.30. The SMILES string of the molecule is Cc1ccc(C(=O)N(C)C)c(C2CCN(C(=O)c3ccc(Cl)cc3)CC2)n1. The van der Waals surface area contributed by atoms with Crippen molar-refractivity contribution in [2.24, 2.45) is 0 Å². The van der Waals surface area contributed by atoms with Gasteiger partial charge in [-0.05, 0) is 56.2 Å². The summed E-state index contributed by atoms with van der Waals surface area (Å²) in [7, 11) is 3.50. The molecule has 5 nitrogen and oxygen atoms in total. The highest BCUT2D eigenvalue weighted by Crippen LogP contribution is 2.30. The number of nitrogens with zero attached hydrogens (tertiary/aromatic N) is 3. The molecule has 1 saturated heterocycles. The van der Waals surface area contributed by atoms with Crippen LogP contribution in [0.15, 0.2) is 36.4 Å². The fourth-order valence-corrected chi connectivity index (χ4v) is 3.57. The number of hydrogen-bond acceptors (Lipinski definition) is 3. The van der Waals surface area contributed by atoms with Crippen LogP contribution in [0, 0.1) is 6.92 Å². The molecule has 0 bridgehead atoms. The van der Waals surface area contributed by atoms with E-state index in [-0.39, 0.29) is 17.7 Å². The van der Waals surface area contributed by atoms with Crippen LogP contribution in [0.1, 0.15) is 50.9 Å². The van der Waals surface area contributed by atoms with Crippen LogP contribution in [0.25, 0.3) is 0 Å². The summed E-state index contributed by atoms with van der Waals surface area (Å²) in [6, 6.07) is 10.7. The first kappa shape index (κ1) is 19.4. The fraction of sp³-hybridized carbons (Fsp3) is 0.381. The second-order valence-electron chi connectivity index (χ2n) is 7.16. The molecule has 1 aromatic heterocycles. The van der Waals surface area contributed by atoms with E-state index in [1.54, 1.807) is 43.3 Å². The van der Waals surface area contributed by atoms with Gasteiger partial charge in [-0.2, -0.15) is 0 Å². The Morgan fingerprint density at radius 1 is 1.07 bits per heavy atom. The summed E-state index contributed by atoms with van der Waals surface area (Å²) < 4.78 is 0. The van der Waals surface area contributed by atoms with Gasteiger partial charge in [0.1, 0.15) is 0 Å². The van der Waals surface area contributed by atoms with Gasteiger partial charge in [-0.15, -0.1) is 0 Å². The molecule has 1 fully saturated rings. The van der Waals surface area contributed by atoms with Gasteiger partial charge >= 0.3 is 0 Å². The predicted molar refractivity (Wildman–Crippen MR) is 106 cm³/mol. The average Bonchev–Trinajstić information content (AvgIpc) is 2.67. The van der Waals surface area contributed by atoms with Crippen LogP contribution in [0.3, 0.4) is 0 Å². The van der Waals surface area contributed by atoms with Crippen molar-refractivity contribution in [1.82, 2.24) is 14.8 Å². The lowest BCUT2D eigenvalue weighted by atomic mass is 9.89. The van der Waals surface area contributed by atoms with Gasteiger partial charge in [0, 0.05) is 49.4 Å². The first-order chi connectivity index (χ1) is 12.9. The van der Waals surface area contributed by atoms with E-state index in [4.69, 9.17) is 11.6 Å². The van der Waals surface area contributed by atoms with Crippen LogP contribution in [-0.4, -0.2) is 53.8 Å². The van der Waals surface area contributed by atoms with Crippen molar-refractivity contribution < 1.29 is 9.59 Å². The average molecular weight is 386 g/mol. The summed E-state index contributed by atoms with van der Waals surface area (Å²) in [6.07, 6.45) is 1.59. The summed E-state index contributed by atoms with van der Waals surface area (Å²) >= 11 is 5.90. The van der Waals surface area contributed by atoms with Crippen molar-refractivity contribution in [3.05, 3.63) is 63.9 Å². The fourth-order valence-electron chi connectivity index (χ4n) is 3.44. The summed E-state index contributed by atoms with van der Waals surface area (Å²) in [4.78, 5) is 33.3. The van der Waals surface area contributed by atoms with E-state index < -0.39 is 0 Å². The molecule has 0 unspecified atom stereocenters. The predicted octanol–water partition coefficient (Wildman–Crippen LogP) is 3.77. The first-order valence-electron chi connectivity index (χ1n) is 9.11. The maximum atomic E-state index is 12.7. The Bertz CT molecular complexity index is 841. The van der Waals surface area contributed by atoms with E-state index in [1.165, 1.54) is 0 Å². The number of likely N-dealkylation sites (tertiary alicyclic amines) is 1. The van der Waals surface area contributed by atoms with Crippen LogP contribution in [0.2, 0.25) is 5.02 Å². The monoisotopic (exact) mass is 385 g/mol. The van der Waals surface area contributed by atoms with Gasteiger partial charge in [0.15, 0.2) is 0 Å². The van der Waals surface area contributed by atoms with Gasteiger partial charge in [0.2, 0.25) is 0 Å². The number of halogens is 1. The molecule has 0 spiro atoms. The molecule has 0 atom stereocenters. The zero-order valence-electron chi connectivity index (χ0n) is 15.9. The normalized spacial score (nSPS) is 14.9. The number of carbonyl (C=O) groups is 2. The molecule has 142 valence electrons. The minimum Gasteiger partial charge on any atom is -0.345 e. The topological polar surface area (TPSA) is 53.5 Å². The molecule has 0 N–H and O–H groups in total. The third kappa shape index (κ3) is 4.30. The van der Waals surface area contributed by atoms with Crippen molar-refractivity contribution in [3.63, 3.8) is 0 Å². The van der Waals surface area contributed by atoms with E-state index in [0.717, 1.165) is 24.2 Å². The van der Waals surface area contributed by atoms with Crippen molar-refractivity contribution in [1.29, 1.82) is 0 Å². The molecule has 1 aliphatic heterocycles. The second kappa shape index (κ2) is 8.09. The Morgan fingerprint density at radius 3 is 2.30 bits per heavy atom. The zero-order valence-corrected chi connectivity index (χ0v) is 16.7. The quantitative estimate of drug-likeness (QED) is 0.808. The third-order valence-corrected chi connectivity index (χ3v) is 5.21. The number of piperidine rings is 1. The lowest BCUT2D eigenvalue weighted by Gasteiger charge is -2.32. The number of aryl methyl sites for hydroxylation is 1. The van der Waals surface area contributed by atoms with E-state index in [0.29, 0.717) is 29.2 Å². The number of benzene rings is 1. The van der Waals surface area contributed by atoms with Crippen LogP contribution >= 0.6 is 11.6 Å². The van der Waals surface area contributed by atoms with E-state index in [1.807, 2.05) is 24.0 Å². The minimum absolute atomic E-state index is 0.0203. The number of pyridine rings is 1. The third-order valence-electron chi connectivity index (χ3n) is 4.96. The Balaban J connectivity index is 1.74. The number of rotatable bonds is 3. The van der Waals surface area contributed by atoms with Crippen LogP contribution in [0.4, 0.5) is 0 Å². The molecule has 6 heteroatoms. The molecule has 0 saturated carbocycles. The lowest BCUT2D eigenvalue weighted by Crippen LogP contribution is -2.38. The van der Waals surface area contributed by atoms with Crippen molar-refractivity contribution >= 4 is 23.4 Å². The largest absolute Gasteiger partial charge is 0.345 e. The number of aromatic nitrogens is 1. The molecule has 27 heavy (non-hydrogen) atoms. The Hall–Kier alpha value is -2.40. The molecule has 1 aliphatic rings. The standard InChI is InChI=1S/C21H24ClN3O2/c1-14-4-9-18(21(27)24(2)3)19(23-14)15-10-12-25(13-11-15)20(26)16-5-7-17(22)8-6-16/h4-9,15H,10-13H2,1-3H3. The lowest BCUT2D eigenvalue weighted by molar-refractivity contribution is 0.0708. The second-order valence-corrected chi connectivity index (χ2v) is 7.59. The summed E-state index contributed by atoms with van der Waals surface area (Å²) in [5.41, 5.74) is 3.07. The maximum Gasteiger partial charge on any atom is 0.255 e. The van der Waals surface area contributed by atoms with Gasteiger partial charge in [0.05, 0.1) is 11.3 Å². The van der Waals surface area contributed by atoms with Gasteiger partial charge in [-0.25, -0.2) is 0 Å². The van der Waals surface area contributed by atoms with Crippen LogP contribution < -0.4 is 0 Å².